The summed E-state index contributed by atoms with van der Waals surface area (Å²) in [6, 6.07) is 45.2. The van der Waals surface area contributed by atoms with E-state index in [-0.39, 0.29) is 12.0 Å². The van der Waals surface area contributed by atoms with Crippen molar-refractivity contribution >= 4 is 39.0 Å². The molecule has 0 radical (unpaired) electrons. The normalized spacial score (nSPS) is 18.7. The van der Waals surface area contributed by atoms with Crippen LogP contribution in [0.15, 0.2) is 167 Å². The van der Waals surface area contributed by atoms with Crippen LogP contribution < -0.4 is 4.74 Å². The van der Waals surface area contributed by atoms with Crippen LogP contribution in [0, 0.1) is 5.92 Å². The first-order valence-electron chi connectivity index (χ1n) is 18.4. The molecule has 3 aliphatic rings. The second-order valence-corrected chi connectivity index (χ2v) is 14.5. The lowest BCUT2D eigenvalue weighted by molar-refractivity contribution is 0.257. The van der Waals surface area contributed by atoms with E-state index in [1.54, 1.807) is 0 Å². The topological polar surface area (TPSA) is 48.2 Å². The quantitative estimate of drug-likeness (QED) is 0.185. The molecule has 0 saturated heterocycles. The first-order chi connectivity index (χ1) is 26.2. The van der Waals surface area contributed by atoms with Crippen LogP contribution in [0.5, 0.6) is 5.75 Å². The number of aromatic nitrogens is 2. The van der Waals surface area contributed by atoms with Gasteiger partial charge in [0.2, 0.25) is 5.71 Å². The number of allylic oxidation sites excluding steroid dienone is 3. The molecule has 3 unspecified atom stereocenters. The monoisotopic (exact) mass is 682 g/mol. The third-order valence-electron chi connectivity index (χ3n) is 11.3. The maximum absolute atomic E-state index is 7.08. The highest BCUT2D eigenvalue weighted by atomic mass is 16.5. The fourth-order valence-electron chi connectivity index (χ4n) is 8.62. The van der Waals surface area contributed by atoms with Crippen molar-refractivity contribution in [2.24, 2.45) is 5.92 Å². The summed E-state index contributed by atoms with van der Waals surface area (Å²) in [4.78, 5) is 9.85. The van der Waals surface area contributed by atoms with Crippen molar-refractivity contribution in [3.63, 3.8) is 0 Å². The summed E-state index contributed by atoms with van der Waals surface area (Å²) in [5.41, 5.74) is 14.8. The minimum Gasteiger partial charge on any atom is -0.484 e. The van der Waals surface area contributed by atoms with Gasteiger partial charge in [0.1, 0.15) is 23.0 Å². The van der Waals surface area contributed by atoms with Gasteiger partial charge in [0.25, 0.3) is 0 Å². The zero-order valence-electron chi connectivity index (χ0n) is 29.2. The van der Waals surface area contributed by atoms with Gasteiger partial charge in [-0.3, -0.25) is 0 Å². The van der Waals surface area contributed by atoms with Crippen LogP contribution in [-0.4, -0.2) is 16.1 Å². The Balaban J connectivity index is 0.958. The molecule has 11 rings (SSSR count). The third kappa shape index (κ3) is 4.83. The van der Waals surface area contributed by atoms with Crippen LogP contribution in [-0.2, 0) is 0 Å². The Kier molecular flexibility index (Phi) is 6.69. The van der Waals surface area contributed by atoms with Gasteiger partial charge in [-0.25, -0.2) is 9.97 Å². The number of hydrogen-bond acceptors (Lipinski definition) is 4. The maximum Gasteiger partial charge on any atom is 0.246 e. The summed E-state index contributed by atoms with van der Waals surface area (Å²) in [6.07, 6.45) is 12.2. The van der Waals surface area contributed by atoms with Gasteiger partial charge < -0.3 is 9.15 Å². The largest absolute Gasteiger partial charge is 0.484 e. The average Bonchev–Trinajstić information content (AvgIpc) is 3.80. The van der Waals surface area contributed by atoms with Crippen LogP contribution >= 0.6 is 0 Å². The van der Waals surface area contributed by atoms with Gasteiger partial charge in [0.05, 0.1) is 23.2 Å². The Labute approximate surface area is 307 Å². The molecule has 53 heavy (non-hydrogen) atoms. The first-order valence-corrected chi connectivity index (χ1v) is 18.4. The molecule has 0 bridgehead atoms. The van der Waals surface area contributed by atoms with Gasteiger partial charge in [0.15, 0.2) is 0 Å². The Bertz CT molecular complexity index is 2890. The summed E-state index contributed by atoms with van der Waals surface area (Å²) in [6.45, 7) is 2.27. The Morgan fingerprint density at radius 1 is 0.717 bits per heavy atom. The molecule has 4 heteroatoms. The van der Waals surface area contributed by atoms with Gasteiger partial charge >= 0.3 is 0 Å². The fraction of sp³-hybridized carbons (Fsp3) is 0.102. The number of hydrogen-bond donors (Lipinski definition) is 0. The van der Waals surface area contributed by atoms with E-state index in [1.807, 2.05) is 18.3 Å². The van der Waals surface area contributed by atoms with Crippen LogP contribution in [0.25, 0.3) is 72.6 Å². The van der Waals surface area contributed by atoms with Crippen LogP contribution in [0.2, 0.25) is 0 Å². The van der Waals surface area contributed by atoms with Crippen LogP contribution in [0.3, 0.4) is 0 Å². The van der Waals surface area contributed by atoms with Crippen molar-refractivity contribution in [2.75, 3.05) is 0 Å². The summed E-state index contributed by atoms with van der Waals surface area (Å²) < 4.78 is 13.3. The highest BCUT2D eigenvalue weighted by molar-refractivity contribution is 6.16. The maximum atomic E-state index is 7.08. The number of fused-ring (bicyclic) bond motifs is 10. The van der Waals surface area contributed by atoms with Gasteiger partial charge in [-0.05, 0) is 80.8 Å². The van der Waals surface area contributed by atoms with Crippen molar-refractivity contribution < 1.29 is 9.15 Å². The van der Waals surface area contributed by atoms with Crippen molar-refractivity contribution in [1.82, 2.24) is 9.97 Å². The highest BCUT2D eigenvalue weighted by Gasteiger charge is 2.43. The molecular weight excluding hydrogens is 649 g/mol. The molecule has 2 aromatic heterocycles. The average molecular weight is 683 g/mol. The Morgan fingerprint density at radius 2 is 1.49 bits per heavy atom. The predicted octanol–water partition coefficient (Wildman–Crippen LogP) is 12.3. The molecule has 3 heterocycles. The van der Waals surface area contributed by atoms with Crippen molar-refractivity contribution in [3.8, 4) is 39.3 Å². The molecular formula is C49H34N2O2. The minimum absolute atomic E-state index is 0.0749. The summed E-state index contributed by atoms with van der Waals surface area (Å²) in [5, 5.41) is 3.29. The lowest BCUT2D eigenvalue weighted by atomic mass is 9.75. The highest BCUT2D eigenvalue weighted by Crippen LogP contribution is 2.53. The molecule has 4 nitrogen and oxygen atoms in total. The molecule has 8 aromatic rings. The number of furan rings is 1. The first kappa shape index (κ1) is 30.1. The SMILES string of the molecule is CC1C=CC(C2=Cc3ccccc3C3c4cccc(-c5cccc(-c6cccc(-c7cnc8c(n7)oc7ccc9ccccc9c78)c6)c5)c4OC23)=CC1. The van der Waals surface area contributed by atoms with E-state index >= 15 is 0 Å². The number of ether oxygens (including phenoxy) is 1. The number of rotatable bonds is 4. The lowest BCUT2D eigenvalue weighted by Gasteiger charge is -2.30. The smallest absolute Gasteiger partial charge is 0.246 e. The molecule has 6 aromatic carbocycles. The van der Waals surface area contributed by atoms with E-state index in [9.17, 15) is 0 Å². The molecule has 0 saturated carbocycles. The second kappa shape index (κ2) is 11.8. The lowest BCUT2D eigenvalue weighted by Crippen LogP contribution is -2.27. The molecule has 0 spiro atoms. The van der Waals surface area contributed by atoms with Crippen LogP contribution in [0.1, 0.15) is 36.0 Å². The van der Waals surface area contributed by atoms with Gasteiger partial charge in [0, 0.05) is 22.3 Å². The fourth-order valence-corrected chi connectivity index (χ4v) is 8.62. The van der Waals surface area contributed by atoms with E-state index in [0.717, 1.165) is 72.9 Å². The van der Waals surface area contributed by atoms with Crippen molar-refractivity contribution in [2.45, 2.75) is 25.4 Å². The van der Waals surface area contributed by atoms with E-state index in [1.165, 1.54) is 27.8 Å². The van der Waals surface area contributed by atoms with Gasteiger partial charge in [-0.2, -0.15) is 0 Å². The number of nitrogens with zero attached hydrogens (tertiary/aromatic N) is 2. The van der Waals surface area contributed by atoms with Crippen molar-refractivity contribution in [3.05, 3.63) is 180 Å². The molecule has 3 atom stereocenters. The third-order valence-corrected chi connectivity index (χ3v) is 11.3. The van der Waals surface area contributed by atoms with Crippen LogP contribution in [0.4, 0.5) is 0 Å². The van der Waals surface area contributed by atoms with Gasteiger partial charge in [-0.15, -0.1) is 0 Å². The number of para-hydroxylation sites is 1. The summed E-state index contributed by atoms with van der Waals surface area (Å²) >= 11 is 0. The summed E-state index contributed by atoms with van der Waals surface area (Å²) in [7, 11) is 0. The molecule has 0 N–H and O–H groups in total. The standard InChI is InChI=1S/C49H34N2O2/c1-29-19-21-31(22-20-29)41-27-35-10-3-5-16-38(35)44-40-18-8-17-39(47(40)53-48(41)44)34-13-6-11-32(25-34)33-12-7-14-36(26-33)42-28-50-46-45-37-15-4-2-9-30(37)23-24-43(45)52-49(46)51-42/h2-19,21-29,44,48H,20H2,1H3. The van der Waals surface area contributed by atoms with E-state index < -0.39 is 0 Å². The number of benzene rings is 6. The Morgan fingerprint density at radius 3 is 2.38 bits per heavy atom. The van der Waals surface area contributed by atoms with E-state index in [4.69, 9.17) is 19.1 Å². The predicted molar refractivity (Wildman–Crippen MR) is 215 cm³/mol. The van der Waals surface area contributed by atoms with Gasteiger partial charge in [-0.1, -0.05) is 134 Å². The molecule has 252 valence electrons. The minimum atomic E-state index is -0.0749. The zero-order chi connectivity index (χ0) is 35.0. The Hall–Kier alpha value is -6.52. The second-order valence-electron chi connectivity index (χ2n) is 14.5. The molecule has 2 aliphatic carbocycles. The van der Waals surface area contributed by atoms with E-state index in [0.29, 0.717) is 11.6 Å². The molecule has 0 fully saturated rings. The molecule has 0 amide bonds. The van der Waals surface area contributed by atoms with E-state index in [2.05, 4.69) is 146 Å². The van der Waals surface area contributed by atoms with Crippen molar-refractivity contribution in [1.29, 1.82) is 0 Å². The molecule has 1 aliphatic heterocycles. The summed E-state index contributed by atoms with van der Waals surface area (Å²) in [5.74, 6) is 1.67. The zero-order valence-corrected chi connectivity index (χ0v) is 29.2.